The van der Waals surface area contributed by atoms with Gasteiger partial charge in [0.25, 0.3) is 10.9 Å². The second-order valence-electron chi connectivity index (χ2n) is 2.85. The lowest BCUT2D eigenvalue weighted by Gasteiger charge is -2.01. The van der Waals surface area contributed by atoms with E-state index in [9.17, 15) is 10.1 Å². The lowest BCUT2D eigenvalue weighted by atomic mass is 10.4. The van der Waals surface area contributed by atoms with Crippen molar-refractivity contribution in [2.45, 2.75) is 10.2 Å². The monoisotopic (exact) mass is 253 g/mol. The maximum atomic E-state index is 10.7. The van der Waals surface area contributed by atoms with Crippen molar-refractivity contribution in [2.24, 2.45) is 5.84 Å². The number of hydrazine groups is 1. The third-order valence-electron chi connectivity index (χ3n) is 1.75. The van der Waals surface area contributed by atoms with Crippen molar-refractivity contribution in [3.05, 3.63) is 34.7 Å². The Bertz CT molecular complexity index is 530. The van der Waals surface area contributed by atoms with Gasteiger partial charge in [-0.15, -0.1) is 0 Å². The van der Waals surface area contributed by atoms with Crippen molar-refractivity contribution in [3.8, 4) is 0 Å². The lowest BCUT2D eigenvalue weighted by molar-refractivity contribution is -0.385. The van der Waals surface area contributed by atoms with Crippen LogP contribution in [0.3, 0.4) is 0 Å². The number of hydrogen-bond donors (Lipinski definition) is 2. The number of hydrogen-bond acceptors (Lipinski definition) is 8. The molecule has 0 aliphatic heterocycles. The Morgan fingerprint density at radius 2 is 2.35 bits per heavy atom. The first-order valence-corrected chi connectivity index (χ1v) is 5.21. The number of nitrogens with zero attached hydrogens (tertiary/aromatic N) is 3. The van der Waals surface area contributed by atoms with Gasteiger partial charge in [0.15, 0.2) is 0 Å². The third kappa shape index (κ3) is 2.71. The molecule has 2 heterocycles. The summed E-state index contributed by atoms with van der Waals surface area (Å²) in [7, 11) is 0. The summed E-state index contributed by atoms with van der Waals surface area (Å²) in [6.45, 7) is 0. The first-order chi connectivity index (χ1) is 8.19. The Hall–Kier alpha value is -2.13. The summed E-state index contributed by atoms with van der Waals surface area (Å²) in [5.74, 6) is 5.38. The van der Waals surface area contributed by atoms with Crippen LogP contribution in [0.25, 0.3) is 0 Å². The molecule has 17 heavy (non-hydrogen) atoms. The molecule has 8 nitrogen and oxygen atoms in total. The van der Waals surface area contributed by atoms with Crippen LogP contribution in [0.15, 0.2) is 39.3 Å². The van der Waals surface area contributed by atoms with Crippen LogP contribution in [0.5, 0.6) is 0 Å². The average molecular weight is 253 g/mol. The molecule has 2 aromatic rings. The van der Waals surface area contributed by atoms with Crippen LogP contribution >= 0.6 is 11.8 Å². The highest BCUT2D eigenvalue weighted by Gasteiger charge is 2.13. The van der Waals surface area contributed by atoms with Crippen molar-refractivity contribution in [1.29, 1.82) is 0 Å². The zero-order chi connectivity index (χ0) is 12.3. The number of nitrogens with one attached hydrogen (secondary N) is 1. The summed E-state index contributed by atoms with van der Waals surface area (Å²) < 4.78 is 5.00. The zero-order valence-corrected chi connectivity index (χ0v) is 9.18. The fourth-order valence-corrected chi connectivity index (χ4v) is 1.79. The van der Waals surface area contributed by atoms with E-state index in [2.05, 4.69) is 15.4 Å². The zero-order valence-electron chi connectivity index (χ0n) is 8.36. The van der Waals surface area contributed by atoms with Gasteiger partial charge in [-0.25, -0.2) is 15.8 Å². The second-order valence-corrected chi connectivity index (χ2v) is 3.82. The van der Waals surface area contributed by atoms with Gasteiger partial charge >= 0.3 is 0 Å². The molecule has 0 atom stereocenters. The minimum absolute atomic E-state index is 0.109. The molecule has 0 aliphatic rings. The van der Waals surface area contributed by atoms with E-state index in [4.69, 9.17) is 10.3 Å². The van der Waals surface area contributed by atoms with E-state index in [1.165, 1.54) is 24.6 Å². The molecule has 0 amide bonds. The highest BCUT2D eigenvalue weighted by atomic mass is 32.2. The first kappa shape index (κ1) is 11.4. The van der Waals surface area contributed by atoms with Crippen molar-refractivity contribution in [1.82, 2.24) is 9.97 Å². The van der Waals surface area contributed by atoms with Gasteiger partial charge in [0.2, 0.25) is 0 Å². The Labute approximate surface area is 99.4 Å². The number of nitrogens with two attached hydrogens (primary N) is 1. The number of aromatic nitrogens is 2. The summed E-state index contributed by atoms with van der Waals surface area (Å²) in [5, 5.41) is 11.4. The SMILES string of the molecule is NNc1cc([N+](=O)[O-])cc(Sc2ncco2)n1. The lowest BCUT2D eigenvalue weighted by Crippen LogP contribution is -2.09. The molecule has 2 aromatic heterocycles. The number of nitrogen functional groups attached to an aromatic ring is 1. The summed E-state index contributed by atoms with van der Waals surface area (Å²) in [6.07, 6.45) is 2.88. The molecule has 88 valence electrons. The smallest absolute Gasteiger partial charge is 0.275 e. The van der Waals surface area contributed by atoms with Crippen molar-refractivity contribution < 1.29 is 9.34 Å². The largest absolute Gasteiger partial charge is 0.440 e. The molecule has 3 N–H and O–H groups in total. The number of oxazole rings is 1. The average Bonchev–Trinajstić information content (AvgIpc) is 2.81. The minimum atomic E-state index is -0.526. The van der Waals surface area contributed by atoms with Gasteiger partial charge in [-0.3, -0.25) is 10.1 Å². The van der Waals surface area contributed by atoms with E-state index in [-0.39, 0.29) is 11.5 Å². The molecule has 9 heteroatoms. The number of pyridine rings is 1. The summed E-state index contributed by atoms with van der Waals surface area (Å²) >= 11 is 1.07. The number of rotatable bonds is 4. The van der Waals surface area contributed by atoms with Gasteiger partial charge in [-0.05, 0) is 11.8 Å². The van der Waals surface area contributed by atoms with Crippen LogP contribution in [0.4, 0.5) is 11.5 Å². The fourth-order valence-electron chi connectivity index (χ4n) is 1.07. The van der Waals surface area contributed by atoms with E-state index < -0.39 is 4.92 Å². The quantitative estimate of drug-likeness (QED) is 0.476. The molecule has 0 saturated heterocycles. The van der Waals surface area contributed by atoms with Gasteiger partial charge in [0, 0.05) is 6.07 Å². The van der Waals surface area contributed by atoms with Crippen molar-refractivity contribution in [2.75, 3.05) is 5.43 Å². The van der Waals surface area contributed by atoms with Gasteiger partial charge in [0.1, 0.15) is 17.1 Å². The number of anilines is 1. The molecule has 0 spiro atoms. The first-order valence-electron chi connectivity index (χ1n) is 4.39. The minimum Gasteiger partial charge on any atom is -0.440 e. The molecular formula is C8H7N5O3S. The van der Waals surface area contributed by atoms with Crippen LogP contribution in [-0.4, -0.2) is 14.9 Å². The molecule has 0 saturated carbocycles. The van der Waals surface area contributed by atoms with Gasteiger partial charge in [0.05, 0.1) is 17.2 Å². The standard InChI is InChI=1S/C8H7N5O3S/c9-12-6-3-5(13(14)15)4-7(11-6)17-8-10-1-2-16-8/h1-4H,9H2,(H,11,12). The van der Waals surface area contributed by atoms with Crippen LogP contribution in [0, 0.1) is 10.1 Å². The van der Waals surface area contributed by atoms with Crippen LogP contribution < -0.4 is 11.3 Å². The molecule has 2 rings (SSSR count). The molecule has 0 radical (unpaired) electrons. The highest BCUT2D eigenvalue weighted by molar-refractivity contribution is 7.99. The summed E-state index contributed by atoms with van der Waals surface area (Å²) in [4.78, 5) is 18.1. The normalized spacial score (nSPS) is 10.2. The molecule has 0 aliphatic carbocycles. The van der Waals surface area contributed by atoms with Crippen molar-refractivity contribution in [3.63, 3.8) is 0 Å². The van der Waals surface area contributed by atoms with Crippen molar-refractivity contribution >= 4 is 23.3 Å². The van der Waals surface area contributed by atoms with Gasteiger partial charge in [-0.1, -0.05) is 0 Å². The van der Waals surface area contributed by atoms with E-state index in [1.807, 2.05) is 0 Å². The van der Waals surface area contributed by atoms with Gasteiger partial charge < -0.3 is 9.84 Å². The topological polar surface area (TPSA) is 120 Å². The molecule has 0 aromatic carbocycles. The Morgan fingerprint density at radius 1 is 1.53 bits per heavy atom. The maximum absolute atomic E-state index is 10.7. The molecule has 0 bridgehead atoms. The van der Waals surface area contributed by atoms with Crippen LogP contribution in [-0.2, 0) is 0 Å². The van der Waals surface area contributed by atoms with E-state index >= 15 is 0 Å². The van der Waals surface area contributed by atoms with E-state index in [0.717, 1.165) is 11.8 Å². The predicted octanol–water partition coefficient (Wildman–Crippen LogP) is 1.41. The molecule has 0 fully saturated rings. The second kappa shape index (κ2) is 4.80. The Morgan fingerprint density at radius 3 is 2.94 bits per heavy atom. The van der Waals surface area contributed by atoms with E-state index in [1.54, 1.807) is 0 Å². The maximum Gasteiger partial charge on any atom is 0.275 e. The van der Waals surface area contributed by atoms with Gasteiger partial charge in [-0.2, -0.15) is 0 Å². The van der Waals surface area contributed by atoms with Crippen LogP contribution in [0.1, 0.15) is 0 Å². The highest BCUT2D eigenvalue weighted by Crippen LogP contribution is 2.28. The third-order valence-corrected chi connectivity index (χ3v) is 2.54. The Kier molecular flexibility index (Phi) is 3.21. The molecule has 0 unspecified atom stereocenters. The summed E-state index contributed by atoms with van der Waals surface area (Å²) in [5.41, 5.74) is 2.15. The Balaban J connectivity index is 2.33. The predicted molar refractivity (Wildman–Crippen MR) is 59.3 cm³/mol. The molecular weight excluding hydrogens is 246 g/mol. The summed E-state index contributed by atoms with van der Waals surface area (Å²) in [6, 6.07) is 2.55. The fraction of sp³-hybridized carbons (Fsp3) is 0. The number of nitro groups is 1. The van der Waals surface area contributed by atoms with Crippen LogP contribution in [0.2, 0.25) is 0 Å². The van der Waals surface area contributed by atoms with E-state index in [0.29, 0.717) is 10.2 Å².